The van der Waals surface area contributed by atoms with Crippen LogP contribution in [0.4, 0.5) is 0 Å². The van der Waals surface area contributed by atoms with Crippen LogP contribution in [-0.2, 0) is 4.74 Å². The van der Waals surface area contributed by atoms with Gasteiger partial charge in [-0.15, -0.1) is 0 Å². The molecular formula is C6H9NO3S. The summed E-state index contributed by atoms with van der Waals surface area (Å²) >= 11 is 1.40. The van der Waals surface area contributed by atoms with Gasteiger partial charge in [0.1, 0.15) is 6.10 Å². The standard InChI is InChI=1S/C6H9NO3S/c1-2-5-4-11-6(10-5)3-7(8)9/h3,5H,2,4H2,1H3/b6-3-. The maximum Gasteiger partial charge on any atom is 0.282 e. The quantitative estimate of drug-likeness (QED) is 0.472. The Bertz CT molecular complexity index is 192. The van der Waals surface area contributed by atoms with Crippen molar-refractivity contribution in [3.05, 3.63) is 21.4 Å². The Labute approximate surface area is 68.8 Å². The predicted octanol–water partition coefficient (Wildman–Crippen LogP) is 1.60. The molecule has 0 aromatic heterocycles. The smallest absolute Gasteiger partial charge is 0.282 e. The number of thioether (sulfide) groups is 1. The average molecular weight is 175 g/mol. The van der Waals surface area contributed by atoms with Gasteiger partial charge in [0.25, 0.3) is 6.20 Å². The highest BCUT2D eigenvalue weighted by atomic mass is 32.2. The lowest BCUT2D eigenvalue weighted by atomic mass is 10.3. The third-order valence-corrected chi connectivity index (χ3v) is 2.39. The lowest BCUT2D eigenvalue weighted by Crippen LogP contribution is -2.05. The number of rotatable bonds is 2. The summed E-state index contributed by atoms with van der Waals surface area (Å²) in [6.45, 7) is 2.00. The van der Waals surface area contributed by atoms with Crippen LogP contribution in [0.25, 0.3) is 0 Å². The zero-order valence-electron chi connectivity index (χ0n) is 6.15. The summed E-state index contributed by atoms with van der Waals surface area (Å²) in [6, 6.07) is 0. The molecule has 4 nitrogen and oxygen atoms in total. The molecule has 0 spiro atoms. The van der Waals surface area contributed by atoms with E-state index in [1.54, 1.807) is 0 Å². The van der Waals surface area contributed by atoms with Gasteiger partial charge in [0.15, 0.2) is 0 Å². The van der Waals surface area contributed by atoms with Gasteiger partial charge in [-0.1, -0.05) is 18.7 Å². The molecule has 5 heteroatoms. The van der Waals surface area contributed by atoms with E-state index in [2.05, 4.69) is 0 Å². The molecule has 1 aliphatic rings. The van der Waals surface area contributed by atoms with Crippen LogP contribution in [0, 0.1) is 10.1 Å². The Morgan fingerprint density at radius 2 is 2.73 bits per heavy atom. The van der Waals surface area contributed by atoms with Crippen LogP contribution in [-0.4, -0.2) is 16.8 Å². The van der Waals surface area contributed by atoms with Gasteiger partial charge in [-0.3, -0.25) is 10.1 Å². The molecule has 1 saturated heterocycles. The molecule has 0 aromatic rings. The highest BCUT2D eigenvalue weighted by molar-refractivity contribution is 8.03. The minimum Gasteiger partial charge on any atom is -0.478 e. The van der Waals surface area contributed by atoms with Crippen molar-refractivity contribution in [3.8, 4) is 0 Å². The first-order chi connectivity index (χ1) is 5.22. The van der Waals surface area contributed by atoms with E-state index in [0.717, 1.165) is 18.4 Å². The lowest BCUT2D eigenvalue weighted by molar-refractivity contribution is -0.404. The molecule has 1 rings (SSSR count). The molecule has 0 amide bonds. The zero-order valence-corrected chi connectivity index (χ0v) is 6.97. The minimum atomic E-state index is -0.486. The topological polar surface area (TPSA) is 52.4 Å². The maximum absolute atomic E-state index is 9.99. The van der Waals surface area contributed by atoms with Crippen LogP contribution in [0.15, 0.2) is 11.3 Å². The van der Waals surface area contributed by atoms with Crippen molar-refractivity contribution in [1.82, 2.24) is 0 Å². The third-order valence-electron chi connectivity index (χ3n) is 1.36. The summed E-state index contributed by atoms with van der Waals surface area (Å²) in [7, 11) is 0. The van der Waals surface area contributed by atoms with Gasteiger partial charge in [-0.2, -0.15) is 0 Å². The number of nitrogens with zero attached hydrogens (tertiary/aromatic N) is 1. The molecule has 1 unspecified atom stereocenters. The van der Waals surface area contributed by atoms with Crippen molar-refractivity contribution in [3.63, 3.8) is 0 Å². The zero-order chi connectivity index (χ0) is 8.27. The molecule has 1 atom stereocenters. The third kappa shape index (κ3) is 2.42. The lowest BCUT2D eigenvalue weighted by Gasteiger charge is -2.02. The first-order valence-electron chi connectivity index (χ1n) is 3.37. The fraction of sp³-hybridized carbons (Fsp3) is 0.667. The molecule has 1 aliphatic heterocycles. The second kappa shape index (κ2) is 3.61. The van der Waals surface area contributed by atoms with E-state index in [0.29, 0.717) is 5.09 Å². The van der Waals surface area contributed by atoms with E-state index < -0.39 is 4.92 Å². The van der Waals surface area contributed by atoms with E-state index in [4.69, 9.17) is 4.74 Å². The number of nitro groups is 1. The monoisotopic (exact) mass is 175 g/mol. The summed E-state index contributed by atoms with van der Waals surface area (Å²) in [5.41, 5.74) is 0. The predicted molar refractivity (Wildman–Crippen MR) is 42.7 cm³/mol. The van der Waals surface area contributed by atoms with E-state index >= 15 is 0 Å². The van der Waals surface area contributed by atoms with Gasteiger partial charge in [0.05, 0.1) is 4.92 Å². The van der Waals surface area contributed by atoms with E-state index in [1.807, 2.05) is 6.92 Å². The first-order valence-corrected chi connectivity index (χ1v) is 4.35. The Morgan fingerprint density at radius 1 is 2.00 bits per heavy atom. The fourth-order valence-electron chi connectivity index (χ4n) is 0.762. The van der Waals surface area contributed by atoms with Crippen molar-refractivity contribution in [2.24, 2.45) is 0 Å². The molecule has 0 N–H and O–H groups in total. The van der Waals surface area contributed by atoms with Crippen LogP contribution in [0.1, 0.15) is 13.3 Å². The summed E-state index contributed by atoms with van der Waals surface area (Å²) in [5.74, 6) is 0.830. The Kier molecular flexibility index (Phi) is 2.76. The summed E-state index contributed by atoms with van der Waals surface area (Å²) in [5, 5.41) is 10.4. The molecule has 0 saturated carbocycles. The van der Waals surface area contributed by atoms with Crippen LogP contribution >= 0.6 is 11.8 Å². The van der Waals surface area contributed by atoms with Crippen molar-refractivity contribution < 1.29 is 9.66 Å². The van der Waals surface area contributed by atoms with Crippen LogP contribution in [0.5, 0.6) is 0 Å². The Hall–Kier alpha value is -0.710. The Balaban J connectivity index is 2.47. The van der Waals surface area contributed by atoms with Crippen LogP contribution < -0.4 is 0 Å². The summed E-state index contributed by atoms with van der Waals surface area (Å²) < 4.78 is 5.20. The van der Waals surface area contributed by atoms with E-state index in [9.17, 15) is 10.1 Å². The van der Waals surface area contributed by atoms with Crippen molar-refractivity contribution >= 4 is 11.8 Å². The van der Waals surface area contributed by atoms with Gasteiger partial charge < -0.3 is 4.74 Å². The van der Waals surface area contributed by atoms with Gasteiger partial charge >= 0.3 is 0 Å². The van der Waals surface area contributed by atoms with Gasteiger partial charge in [0, 0.05) is 5.75 Å². The summed E-state index contributed by atoms with van der Waals surface area (Å²) in [4.78, 5) is 9.50. The molecular weight excluding hydrogens is 166 g/mol. The molecule has 0 aromatic carbocycles. The SMILES string of the molecule is CCC1CS/C(=C\[N+](=O)[O-])O1. The second-order valence-electron chi connectivity index (χ2n) is 2.19. The van der Waals surface area contributed by atoms with Gasteiger partial charge in [-0.25, -0.2) is 0 Å². The molecule has 1 heterocycles. The molecule has 62 valence electrons. The maximum atomic E-state index is 9.99. The number of hydrogen-bond donors (Lipinski definition) is 0. The molecule has 0 bridgehead atoms. The molecule has 1 fully saturated rings. The van der Waals surface area contributed by atoms with Crippen molar-refractivity contribution in [1.29, 1.82) is 0 Å². The second-order valence-corrected chi connectivity index (χ2v) is 3.22. The van der Waals surface area contributed by atoms with Crippen LogP contribution in [0.2, 0.25) is 0 Å². The number of hydrogen-bond acceptors (Lipinski definition) is 4. The molecule has 11 heavy (non-hydrogen) atoms. The van der Waals surface area contributed by atoms with E-state index in [1.165, 1.54) is 11.8 Å². The number of ether oxygens (including phenoxy) is 1. The first kappa shape index (κ1) is 8.39. The van der Waals surface area contributed by atoms with Crippen LogP contribution in [0.3, 0.4) is 0 Å². The van der Waals surface area contributed by atoms with Crippen molar-refractivity contribution in [2.45, 2.75) is 19.4 Å². The summed E-state index contributed by atoms with van der Waals surface area (Å²) in [6.07, 6.45) is 1.98. The fourth-order valence-corrected chi connectivity index (χ4v) is 1.78. The van der Waals surface area contributed by atoms with Crippen molar-refractivity contribution in [2.75, 3.05) is 5.75 Å². The van der Waals surface area contributed by atoms with E-state index in [-0.39, 0.29) is 6.10 Å². The highest BCUT2D eigenvalue weighted by Crippen LogP contribution is 2.29. The van der Waals surface area contributed by atoms with Gasteiger partial charge in [0.2, 0.25) is 5.09 Å². The van der Waals surface area contributed by atoms with Gasteiger partial charge in [-0.05, 0) is 6.42 Å². The highest BCUT2D eigenvalue weighted by Gasteiger charge is 2.21. The molecule has 0 radical (unpaired) electrons. The molecule has 0 aliphatic carbocycles. The Morgan fingerprint density at radius 3 is 3.18 bits per heavy atom. The minimum absolute atomic E-state index is 0.159. The average Bonchev–Trinajstić information content (AvgIpc) is 2.34. The largest absolute Gasteiger partial charge is 0.478 e. The normalized spacial score (nSPS) is 27.0.